The highest BCUT2D eigenvalue weighted by Crippen LogP contribution is 2.26. The van der Waals surface area contributed by atoms with Crippen molar-refractivity contribution in [2.75, 3.05) is 7.11 Å². The number of ketones is 1. The lowest BCUT2D eigenvalue weighted by Crippen LogP contribution is -2.42. The molecule has 0 radical (unpaired) electrons. The molecule has 0 saturated heterocycles. The lowest BCUT2D eigenvalue weighted by molar-refractivity contribution is 0.0603. The number of rotatable bonds is 9. The summed E-state index contributed by atoms with van der Waals surface area (Å²) in [5.41, 5.74) is 2.72. The fraction of sp³-hybridized carbons (Fsp3) is 0.409. The molecule has 0 aliphatic rings. The summed E-state index contributed by atoms with van der Waals surface area (Å²) >= 11 is 0. The Morgan fingerprint density at radius 1 is 0.926 bits per heavy atom. The van der Waals surface area contributed by atoms with E-state index in [1.807, 2.05) is 48.5 Å². The standard InChI is InChI=1S/C22H32O3Si2/c1-24-22(19-13-8-7-9-14-19)21(23)20-15-11-10-12-18(20)16-17-27(5,6)25-26(2,3)4/h7-15,22H,16-17H2,1-6H3. The summed E-state index contributed by atoms with van der Waals surface area (Å²) < 4.78 is 12.0. The van der Waals surface area contributed by atoms with Gasteiger partial charge in [-0.15, -0.1) is 0 Å². The molecule has 3 nitrogen and oxygen atoms in total. The molecule has 0 fully saturated rings. The van der Waals surface area contributed by atoms with E-state index in [0.717, 1.165) is 29.2 Å². The van der Waals surface area contributed by atoms with Gasteiger partial charge in [0.15, 0.2) is 22.4 Å². The first-order valence-corrected chi connectivity index (χ1v) is 16.1. The van der Waals surface area contributed by atoms with Crippen LogP contribution < -0.4 is 0 Å². The van der Waals surface area contributed by atoms with Crippen molar-refractivity contribution in [3.05, 3.63) is 71.3 Å². The summed E-state index contributed by atoms with van der Waals surface area (Å²) in [6.07, 6.45) is 0.285. The minimum atomic E-state index is -1.76. The number of methoxy groups -OCH3 is 1. The number of benzene rings is 2. The van der Waals surface area contributed by atoms with Crippen LogP contribution in [0.3, 0.4) is 0 Å². The topological polar surface area (TPSA) is 35.5 Å². The summed E-state index contributed by atoms with van der Waals surface area (Å²) in [7, 11) is -1.73. The number of carbonyl (C=O) groups is 1. The second-order valence-corrected chi connectivity index (χ2v) is 17.6. The highest BCUT2D eigenvalue weighted by atomic mass is 28.4. The molecule has 0 amide bonds. The maximum absolute atomic E-state index is 13.2. The molecule has 0 aromatic heterocycles. The van der Waals surface area contributed by atoms with Crippen LogP contribution in [0.15, 0.2) is 54.6 Å². The van der Waals surface area contributed by atoms with Crippen LogP contribution in [0.25, 0.3) is 0 Å². The maximum Gasteiger partial charge on any atom is 0.196 e. The number of hydrogen-bond acceptors (Lipinski definition) is 3. The van der Waals surface area contributed by atoms with Gasteiger partial charge in [0.1, 0.15) is 6.10 Å². The van der Waals surface area contributed by atoms with Gasteiger partial charge in [-0.3, -0.25) is 4.79 Å². The van der Waals surface area contributed by atoms with Crippen molar-refractivity contribution in [3.8, 4) is 0 Å². The number of ether oxygens (including phenoxy) is 1. The van der Waals surface area contributed by atoms with Crippen molar-refractivity contribution < 1.29 is 13.6 Å². The van der Waals surface area contributed by atoms with E-state index in [0.29, 0.717) is 0 Å². The maximum atomic E-state index is 13.2. The molecular formula is C22H32O3Si2. The van der Waals surface area contributed by atoms with Gasteiger partial charge in [0.05, 0.1) is 0 Å². The number of carbonyl (C=O) groups excluding carboxylic acids is 1. The molecule has 0 bridgehead atoms. The van der Waals surface area contributed by atoms with E-state index >= 15 is 0 Å². The van der Waals surface area contributed by atoms with Crippen LogP contribution in [0.4, 0.5) is 0 Å². The van der Waals surface area contributed by atoms with Gasteiger partial charge in [0, 0.05) is 12.7 Å². The van der Waals surface area contributed by atoms with E-state index in [1.165, 1.54) is 0 Å². The van der Waals surface area contributed by atoms with Crippen molar-refractivity contribution in [2.24, 2.45) is 0 Å². The Kier molecular flexibility index (Phi) is 7.34. The molecule has 0 heterocycles. The fourth-order valence-electron chi connectivity index (χ4n) is 3.46. The number of aryl methyl sites for hydroxylation is 1. The van der Waals surface area contributed by atoms with Gasteiger partial charge in [0.25, 0.3) is 0 Å². The quantitative estimate of drug-likeness (QED) is 0.391. The zero-order valence-corrected chi connectivity index (χ0v) is 19.4. The lowest BCUT2D eigenvalue weighted by Gasteiger charge is -2.31. The minimum Gasteiger partial charge on any atom is -0.456 e. The Labute approximate surface area is 166 Å². The van der Waals surface area contributed by atoms with E-state index < -0.39 is 22.7 Å². The predicted octanol–water partition coefficient (Wildman–Crippen LogP) is 5.86. The van der Waals surface area contributed by atoms with Crippen LogP contribution in [0.5, 0.6) is 0 Å². The van der Waals surface area contributed by atoms with E-state index in [4.69, 9.17) is 8.85 Å². The van der Waals surface area contributed by atoms with E-state index in [2.05, 4.69) is 38.8 Å². The van der Waals surface area contributed by atoms with Crippen LogP contribution in [0.2, 0.25) is 38.8 Å². The average Bonchev–Trinajstić information content (AvgIpc) is 2.60. The Bertz CT molecular complexity index is 752. The van der Waals surface area contributed by atoms with E-state index in [1.54, 1.807) is 7.11 Å². The molecule has 2 rings (SSSR count). The first-order chi connectivity index (χ1) is 12.6. The molecule has 0 aliphatic heterocycles. The normalized spacial score (nSPS) is 13.4. The van der Waals surface area contributed by atoms with Crippen molar-refractivity contribution in [1.29, 1.82) is 0 Å². The van der Waals surface area contributed by atoms with Crippen LogP contribution >= 0.6 is 0 Å². The zero-order chi connectivity index (χ0) is 20.1. The third-order valence-electron chi connectivity index (χ3n) is 4.44. The molecule has 2 aromatic carbocycles. The largest absolute Gasteiger partial charge is 0.456 e. The van der Waals surface area contributed by atoms with Gasteiger partial charge in [-0.25, -0.2) is 0 Å². The summed E-state index contributed by atoms with van der Waals surface area (Å²) in [6.45, 7) is 11.3. The Hall–Kier alpha value is -1.54. The summed E-state index contributed by atoms with van der Waals surface area (Å²) in [5, 5.41) is 0. The third kappa shape index (κ3) is 6.53. The van der Waals surface area contributed by atoms with Crippen molar-refractivity contribution >= 4 is 22.4 Å². The van der Waals surface area contributed by atoms with Gasteiger partial charge in [-0.05, 0) is 56.3 Å². The molecule has 1 atom stereocenters. The molecule has 5 heteroatoms. The highest BCUT2D eigenvalue weighted by Gasteiger charge is 2.30. The van der Waals surface area contributed by atoms with Gasteiger partial charge in [-0.1, -0.05) is 54.6 Å². The first kappa shape index (κ1) is 21.8. The van der Waals surface area contributed by atoms with Gasteiger partial charge < -0.3 is 8.85 Å². The molecule has 0 spiro atoms. The van der Waals surface area contributed by atoms with Crippen LogP contribution in [-0.2, 0) is 15.3 Å². The Morgan fingerprint density at radius 2 is 1.52 bits per heavy atom. The number of hydrogen-bond donors (Lipinski definition) is 0. The molecule has 0 N–H and O–H groups in total. The van der Waals surface area contributed by atoms with Gasteiger partial charge >= 0.3 is 0 Å². The SMILES string of the molecule is COC(C(=O)c1ccccc1CC[Si](C)(C)O[Si](C)(C)C)c1ccccc1. The molecule has 2 aromatic rings. The highest BCUT2D eigenvalue weighted by molar-refractivity contribution is 6.84. The van der Waals surface area contributed by atoms with Gasteiger partial charge in [-0.2, -0.15) is 0 Å². The summed E-state index contributed by atoms with van der Waals surface area (Å²) in [4.78, 5) is 13.2. The summed E-state index contributed by atoms with van der Waals surface area (Å²) in [5.74, 6) is 0.0184. The molecule has 27 heavy (non-hydrogen) atoms. The van der Waals surface area contributed by atoms with E-state index in [-0.39, 0.29) is 5.78 Å². The average molecular weight is 401 g/mol. The van der Waals surface area contributed by atoms with Crippen LogP contribution in [0.1, 0.15) is 27.6 Å². The number of Topliss-reactive ketones (excluding diaryl/α,β-unsaturated/α-hetero) is 1. The second kappa shape index (κ2) is 9.10. The molecule has 146 valence electrons. The summed E-state index contributed by atoms with van der Waals surface area (Å²) in [6, 6.07) is 18.6. The lowest BCUT2D eigenvalue weighted by atomic mass is 9.95. The third-order valence-corrected chi connectivity index (χ3v) is 10.6. The zero-order valence-electron chi connectivity index (χ0n) is 17.4. The van der Waals surface area contributed by atoms with Crippen LogP contribution in [0, 0.1) is 0 Å². The Balaban J connectivity index is 2.21. The minimum absolute atomic E-state index is 0.0184. The first-order valence-electron chi connectivity index (χ1n) is 9.53. The molecule has 1 unspecified atom stereocenters. The monoisotopic (exact) mass is 400 g/mol. The Morgan fingerprint density at radius 3 is 2.11 bits per heavy atom. The van der Waals surface area contributed by atoms with Crippen molar-refractivity contribution in [3.63, 3.8) is 0 Å². The predicted molar refractivity (Wildman–Crippen MR) is 117 cm³/mol. The smallest absolute Gasteiger partial charge is 0.196 e. The van der Waals surface area contributed by atoms with Crippen LogP contribution in [-0.4, -0.2) is 29.5 Å². The van der Waals surface area contributed by atoms with E-state index in [9.17, 15) is 4.79 Å². The fourth-order valence-corrected chi connectivity index (χ4v) is 11.4. The van der Waals surface area contributed by atoms with Crippen molar-refractivity contribution in [2.45, 2.75) is 51.3 Å². The second-order valence-electron chi connectivity index (χ2n) is 8.52. The van der Waals surface area contributed by atoms with Gasteiger partial charge in [0.2, 0.25) is 0 Å². The van der Waals surface area contributed by atoms with Crippen molar-refractivity contribution in [1.82, 2.24) is 0 Å². The molecular weight excluding hydrogens is 368 g/mol. The molecule has 0 saturated carbocycles. The molecule has 0 aliphatic carbocycles.